The molecule has 1 aromatic carbocycles. The summed E-state index contributed by atoms with van der Waals surface area (Å²) in [4.78, 5) is 6.92. The summed E-state index contributed by atoms with van der Waals surface area (Å²) in [7, 11) is 1.74. The Labute approximate surface area is 190 Å². The molecule has 2 aliphatic heterocycles. The van der Waals surface area contributed by atoms with Crippen LogP contribution in [0.3, 0.4) is 0 Å². The van der Waals surface area contributed by atoms with Crippen molar-refractivity contribution < 1.29 is 9.84 Å². The lowest BCUT2D eigenvalue weighted by Crippen LogP contribution is -2.71. The quantitative estimate of drug-likeness (QED) is 0.747. The average Bonchev–Trinajstić information content (AvgIpc) is 3.50. The summed E-state index contributed by atoms with van der Waals surface area (Å²) in [6.45, 7) is 5.88. The maximum Gasteiger partial charge on any atom is 0.119 e. The molecule has 1 saturated carbocycles. The highest BCUT2D eigenvalue weighted by Crippen LogP contribution is 2.56. The van der Waals surface area contributed by atoms with E-state index in [4.69, 9.17) is 4.74 Å². The van der Waals surface area contributed by atoms with E-state index >= 15 is 0 Å². The molecule has 2 aromatic rings. The highest BCUT2D eigenvalue weighted by Gasteiger charge is 2.63. The van der Waals surface area contributed by atoms with E-state index in [-0.39, 0.29) is 11.5 Å². The third-order valence-corrected chi connectivity index (χ3v) is 8.83. The number of likely N-dealkylation sites (tertiary alicyclic amines) is 2. The summed E-state index contributed by atoms with van der Waals surface area (Å²) < 4.78 is 5.62. The Kier molecular flexibility index (Phi) is 5.04. The van der Waals surface area contributed by atoms with Gasteiger partial charge >= 0.3 is 0 Å². The highest BCUT2D eigenvalue weighted by molar-refractivity contribution is 5.48. The topological polar surface area (TPSA) is 66.6 Å². The lowest BCUT2D eigenvalue weighted by atomic mass is 9.52. The van der Waals surface area contributed by atoms with Crippen LogP contribution in [-0.2, 0) is 18.4 Å². The fraction of sp³-hybridized carbons (Fsp3) is 0.680. The molecular formula is C25H35N5O2. The molecule has 4 aliphatic rings. The van der Waals surface area contributed by atoms with Crippen molar-refractivity contribution in [2.45, 2.75) is 62.1 Å². The van der Waals surface area contributed by atoms with Gasteiger partial charge in [-0.3, -0.25) is 4.90 Å². The van der Waals surface area contributed by atoms with Crippen molar-refractivity contribution in [1.82, 2.24) is 24.8 Å². The summed E-state index contributed by atoms with van der Waals surface area (Å²) in [5.41, 5.74) is 1.86. The maximum absolute atomic E-state index is 12.6. The van der Waals surface area contributed by atoms with Gasteiger partial charge in [0.2, 0.25) is 0 Å². The van der Waals surface area contributed by atoms with Crippen molar-refractivity contribution in [3.8, 4) is 5.75 Å². The molecule has 2 bridgehead atoms. The van der Waals surface area contributed by atoms with Gasteiger partial charge in [0.15, 0.2) is 0 Å². The minimum absolute atomic E-state index is 0.196. The fourth-order valence-corrected chi connectivity index (χ4v) is 6.84. The van der Waals surface area contributed by atoms with E-state index in [9.17, 15) is 5.11 Å². The van der Waals surface area contributed by atoms with Crippen LogP contribution in [0.25, 0.3) is 0 Å². The molecule has 0 spiro atoms. The maximum atomic E-state index is 12.6. The third-order valence-electron chi connectivity index (χ3n) is 8.83. The van der Waals surface area contributed by atoms with Crippen LogP contribution in [0.1, 0.15) is 43.2 Å². The van der Waals surface area contributed by atoms with Gasteiger partial charge in [0.05, 0.1) is 31.6 Å². The monoisotopic (exact) mass is 437 g/mol. The fourth-order valence-electron chi connectivity index (χ4n) is 6.84. The van der Waals surface area contributed by atoms with Crippen LogP contribution in [0.2, 0.25) is 0 Å². The summed E-state index contributed by atoms with van der Waals surface area (Å²) in [6, 6.07) is 6.80. The molecule has 1 N–H and O–H groups in total. The summed E-state index contributed by atoms with van der Waals surface area (Å²) in [5.74, 6) is 1.75. The molecule has 3 heterocycles. The molecule has 172 valence electrons. The number of hydrogen-bond donors (Lipinski definition) is 1. The first-order valence-electron chi connectivity index (χ1n) is 12.3. The molecule has 3 atom stereocenters. The van der Waals surface area contributed by atoms with E-state index in [1.165, 1.54) is 24.0 Å². The number of benzene rings is 1. The molecule has 0 amide bonds. The lowest BCUT2D eigenvalue weighted by molar-refractivity contribution is -0.149. The molecule has 1 aromatic heterocycles. The van der Waals surface area contributed by atoms with Crippen LogP contribution >= 0.6 is 0 Å². The SMILES string of the molecule is COc1ccc2c(c1)[C@@]13CCN(CCn4nccn4)CC[C@@]1(O)[C@@H](C2)N(CC1CC1)CC3. The first-order chi connectivity index (χ1) is 15.6. The van der Waals surface area contributed by atoms with Gasteiger partial charge in [-0.05, 0) is 80.8 Å². The molecule has 7 heteroatoms. The van der Waals surface area contributed by atoms with E-state index < -0.39 is 5.60 Å². The zero-order valence-corrected chi connectivity index (χ0v) is 19.1. The van der Waals surface area contributed by atoms with Gasteiger partial charge in [-0.15, -0.1) is 0 Å². The number of hydrogen-bond acceptors (Lipinski definition) is 6. The zero-order chi connectivity index (χ0) is 21.8. The Morgan fingerprint density at radius 3 is 2.62 bits per heavy atom. The second-order valence-corrected chi connectivity index (χ2v) is 10.4. The Morgan fingerprint density at radius 1 is 1.06 bits per heavy atom. The number of rotatable bonds is 6. The zero-order valence-electron chi connectivity index (χ0n) is 19.1. The average molecular weight is 438 g/mol. The molecule has 3 fully saturated rings. The van der Waals surface area contributed by atoms with E-state index in [1.807, 2.05) is 0 Å². The Bertz CT molecular complexity index is 961. The Morgan fingerprint density at radius 2 is 1.84 bits per heavy atom. The van der Waals surface area contributed by atoms with E-state index in [0.29, 0.717) is 0 Å². The summed E-state index contributed by atoms with van der Waals surface area (Å²) >= 11 is 0. The molecule has 0 radical (unpaired) electrons. The molecule has 0 unspecified atom stereocenters. The number of fused-ring (bicyclic) bond motifs is 1. The number of nitrogens with zero attached hydrogens (tertiary/aromatic N) is 5. The summed E-state index contributed by atoms with van der Waals surface area (Å²) in [5, 5.41) is 21.1. The summed E-state index contributed by atoms with van der Waals surface area (Å²) in [6.07, 6.45) is 9.97. The smallest absolute Gasteiger partial charge is 0.119 e. The number of aromatic nitrogens is 3. The molecule has 2 saturated heterocycles. The van der Waals surface area contributed by atoms with Crippen molar-refractivity contribution in [3.63, 3.8) is 0 Å². The van der Waals surface area contributed by atoms with E-state index in [0.717, 1.165) is 76.6 Å². The molecule has 7 nitrogen and oxygen atoms in total. The number of aliphatic hydroxyl groups is 1. The van der Waals surface area contributed by atoms with Gasteiger partial charge < -0.3 is 14.7 Å². The minimum Gasteiger partial charge on any atom is -0.497 e. The molecule has 2 aliphatic carbocycles. The van der Waals surface area contributed by atoms with Crippen LogP contribution in [-0.4, -0.2) is 81.4 Å². The van der Waals surface area contributed by atoms with Gasteiger partial charge in [0.25, 0.3) is 0 Å². The highest BCUT2D eigenvalue weighted by atomic mass is 16.5. The normalized spacial score (nSPS) is 32.8. The predicted octanol–water partition coefficient (Wildman–Crippen LogP) is 2.09. The van der Waals surface area contributed by atoms with E-state index in [1.54, 1.807) is 24.3 Å². The van der Waals surface area contributed by atoms with Crippen molar-refractivity contribution in [2.24, 2.45) is 5.92 Å². The van der Waals surface area contributed by atoms with Crippen LogP contribution in [0.4, 0.5) is 0 Å². The first kappa shape index (κ1) is 20.6. The first-order valence-corrected chi connectivity index (χ1v) is 12.3. The van der Waals surface area contributed by atoms with Gasteiger partial charge in [-0.1, -0.05) is 6.07 Å². The third kappa shape index (κ3) is 3.28. The number of ether oxygens (including phenoxy) is 1. The van der Waals surface area contributed by atoms with Crippen molar-refractivity contribution in [2.75, 3.05) is 39.8 Å². The van der Waals surface area contributed by atoms with Gasteiger partial charge in [0.1, 0.15) is 5.75 Å². The van der Waals surface area contributed by atoms with Gasteiger partial charge in [-0.25, -0.2) is 0 Å². The molecular weight excluding hydrogens is 402 g/mol. The van der Waals surface area contributed by atoms with Crippen molar-refractivity contribution in [3.05, 3.63) is 41.7 Å². The van der Waals surface area contributed by atoms with Gasteiger partial charge in [-0.2, -0.15) is 15.0 Å². The molecule has 32 heavy (non-hydrogen) atoms. The van der Waals surface area contributed by atoms with Crippen LogP contribution in [0.5, 0.6) is 5.75 Å². The van der Waals surface area contributed by atoms with Crippen LogP contribution < -0.4 is 4.74 Å². The van der Waals surface area contributed by atoms with Crippen LogP contribution in [0.15, 0.2) is 30.6 Å². The number of methoxy groups -OCH3 is 1. The lowest BCUT2D eigenvalue weighted by Gasteiger charge is -2.61. The molecule has 6 rings (SSSR count). The predicted molar refractivity (Wildman–Crippen MR) is 122 cm³/mol. The Balaban J connectivity index is 1.34. The standard InChI is InChI=1S/C25H35N5O2/c1-32-21-5-4-20-16-23-25(31)8-12-28(14-15-30-26-9-10-27-30)11-6-24(25,22(20)17-21)7-13-29(23)18-19-2-3-19/h4-5,9-10,17,19,23,31H,2-3,6-8,11-16,18H2,1H3/t23-,24+,25-/m1/s1. The van der Waals surface area contributed by atoms with Crippen molar-refractivity contribution >= 4 is 0 Å². The van der Waals surface area contributed by atoms with Gasteiger partial charge in [0, 0.05) is 31.1 Å². The number of piperidine rings is 1. The second-order valence-electron chi connectivity index (χ2n) is 10.4. The largest absolute Gasteiger partial charge is 0.497 e. The van der Waals surface area contributed by atoms with E-state index in [2.05, 4.69) is 38.2 Å². The van der Waals surface area contributed by atoms with Crippen molar-refractivity contribution in [1.29, 1.82) is 0 Å². The Hall–Kier alpha value is -1.96. The second kappa shape index (κ2) is 7.82. The minimum atomic E-state index is -0.696. The van der Waals surface area contributed by atoms with Crippen LogP contribution in [0, 0.1) is 5.92 Å².